The van der Waals surface area contributed by atoms with Crippen molar-refractivity contribution in [1.29, 1.82) is 0 Å². The van der Waals surface area contributed by atoms with Crippen molar-refractivity contribution in [3.63, 3.8) is 0 Å². The van der Waals surface area contributed by atoms with Crippen LogP contribution in [0.3, 0.4) is 0 Å². The van der Waals surface area contributed by atoms with Gasteiger partial charge >= 0.3 is 0 Å². The van der Waals surface area contributed by atoms with Crippen LogP contribution in [0, 0.1) is 0 Å². The van der Waals surface area contributed by atoms with E-state index in [2.05, 4.69) is 4.98 Å². The van der Waals surface area contributed by atoms with Gasteiger partial charge in [0.2, 0.25) is 0 Å². The molecule has 0 atom stereocenters. The number of carbonyl (C=O) groups excluding carboxylic acids is 1. The highest BCUT2D eigenvalue weighted by Gasteiger charge is 2.16. The van der Waals surface area contributed by atoms with Gasteiger partial charge in [-0.2, -0.15) is 0 Å². The topological polar surface area (TPSA) is 73.4 Å². The summed E-state index contributed by atoms with van der Waals surface area (Å²) in [6, 6.07) is 1.55. The first-order valence-corrected chi connectivity index (χ1v) is 5.96. The number of nitrogens with zero attached hydrogens (tertiary/aromatic N) is 1. The van der Waals surface area contributed by atoms with Crippen molar-refractivity contribution in [3.8, 4) is 5.75 Å². The number of fused-ring (bicyclic) bond motifs is 1. The highest BCUT2D eigenvalue weighted by Crippen LogP contribution is 2.29. The number of carbonyl (C=O) groups is 1. The maximum Gasteiger partial charge on any atom is 0.266 e. The van der Waals surface area contributed by atoms with E-state index in [9.17, 15) is 14.7 Å². The number of thiophene rings is 1. The summed E-state index contributed by atoms with van der Waals surface area (Å²) in [5.41, 5.74) is -0.291. The molecular weight excluding hydrogens is 240 g/mol. The van der Waals surface area contributed by atoms with E-state index in [0.717, 1.165) is 11.3 Å². The highest BCUT2D eigenvalue weighted by molar-refractivity contribution is 7.20. The van der Waals surface area contributed by atoms with Crippen LogP contribution in [0.15, 0.2) is 17.1 Å². The van der Waals surface area contributed by atoms with Crippen molar-refractivity contribution in [3.05, 3.63) is 27.5 Å². The molecule has 2 aromatic heterocycles. The minimum Gasteiger partial charge on any atom is -0.506 e. The van der Waals surface area contributed by atoms with E-state index < -0.39 is 0 Å². The molecule has 1 amide bonds. The van der Waals surface area contributed by atoms with Gasteiger partial charge in [0.05, 0.1) is 4.88 Å². The normalized spacial score (nSPS) is 10.7. The van der Waals surface area contributed by atoms with E-state index in [1.165, 1.54) is 6.20 Å². The number of pyridine rings is 1. The van der Waals surface area contributed by atoms with Crippen molar-refractivity contribution in [1.82, 2.24) is 9.88 Å². The van der Waals surface area contributed by atoms with Crippen molar-refractivity contribution in [2.75, 3.05) is 13.6 Å². The molecule has 2 N–H and O–H groups in total. The van der Waals surface area contributed by atoms with Crippen LogP contribution in [0.4, 0.5) is 0 Å². The lowest BCUT2D eigenvalue weighted by Gasteiger charge is -2.12. The molecule has 0 saturated heterocycles. The standard InChI is InChI=1S/C11H12N2O3S/c1-3-13(2)11(16)8-4-6-7(14)5-12-10(15)9(6)17-8/h4-5,14H,3H2,1-2H3,(H,12,15). The van der Waals surface area contributed by atoms with Crippen molar-refractivity contribution in [2.24, 2.45) is 0 Å². The SMILES string of the molecule is CCN(C)C(=O)c1cc2c(O)c[nH]c(=O)c2s1. The molecule has 2 rings (SSSR count). The fourth-order valence-corrected chi connectivity index (χ4v) is 2.53. The maximum absolute atomic E-state index is 11.9. The molecule has 5 nitrogen and oxygen atoms in total. The Morgan fingerprint density at radius 1 is 1.59 bits per heavy atom. The first kappa shape index (κ1) is 11.7. The average molecular weight is 252 g/mol. The summed E-state index contributed by atoms with van der Waals surface area (Å²) < 4.78 is 0.373. The minimum atomic E-state index is -0.291. The molecule has 0 aliphatic heterocycles. The minimum absolute atomic E-state index is 0.0194. The molecule has 0 radical (unpaired) electrons. The zero-order chi connectivity index (χ0) is 12.6. The molecular formula is C11H12N2O3S. The summed E-state index contributed by atoms with van der Waals surface area (Å²) in [7, 11) is 1.69. The zero-order valence-electron chi connectivity index (χ0n) is 9.48. The number of H-pyrrole nitrogens is 1. The predicted octanol–water partition coefficient (Wildman–Crippen LogP) is 1.39. The second-order valence-electron chi connectivity index (χ2n) is 3.68. The van der Waals surface area contributed by atoms with Gasteiger partial charge in [0.25, 0.3) is 11.5 Å². The molecule has 2 aromatic rings. The molecule has 0 aliphatic carbocycles. The van der Waals surface area contributed by atoms with Crippen LogP contribution < -0.4 is 5.56 Å². The Morgan fingerprint density at radius 3 is 2.88 bits per heavy atom. The summed E-state index contributed by atoms with van der Waals surface area (Å²) >= 11 is 1.09. The lowest BCUT2D eigenvalue weighted by Crippen LogP contribution is -2.25. The summed E-state index contributed by atoms with van der Waals surface area (Å²) in [6.07, 6.45) is 1.23. The molecule has 6 heteroatoms. The van der Waals surface area contributed by atoms with Crippen LogP contribution >= 0.6 is 11.3 Å². The lowest BCUT2D eigenvalue weighted by atomic mass is 10.3. The number of aromatic amines is 1. The molecule has 17 heavy (non-hydrogen) atoms. The quantitative estimate of drug-likeness (QED) is 0.848. The van der Waals surface area contributed by atoms with Crippen molar-refractivity contribution < 1.29 is 9.90 Å². The smallest absolute Gasteiger partial charge is 0.266 e. The Hall–Kier alpha value is -1.82. The first-order chi connectivity index (χ1) is 8.04. The Bertz CT molecular complexity index is 629. The molecule has 0 saturated carbocycles. The van der Waals surface area contributed by atoms with E-state index in [1.807, 2.05) is 6.92 Å². The second kappa shape index (κ2) is 4.21. The summed E-state index contributed by atoms with van der Waals surface area (Å²) in [5, 5.41) is 10.0. The van der Waals surface area contributed by atoms with Crippen LogP contribution in [0.2, 0.25) is 0 Å². The molecule has 2 heterocycles. The van der Waals surface area contributed by atoms with Crippen LogP contribution in [-0.2, 0) is 0 Å². The molecule has 0 fully saturated rings. The van der Waals surface area contributed by atoms with Gasteiger partial charge in [-0.05, 0) is 13.0 Å². The van der Waals surface area contributed by atoms with Gasteiger partial charge in [0.1, 0.15) is 10.4 Å². The van der Waals surface area contributed by atoms with Gasteiger partial charge in [-0.1, -0.05) is 0 Å². The van der Waals surface area contributed by atoms with Gasteiger partial charge in [-0.15, -0.1) is 11.3 Å². The zero-order valence-corrected chi connectivity index (χ0v) is 10.3. The highest BCUT2D eigenvalue weighted by atomic mass is 32.1. The molecule has 0 spiro atoms. The van der Waals surface area contributed by atoms with Crippen LogP contribution in [-0.4, -0.2) is 34.5 Å². The summed E-state index contributed by atoms with van der Waals surface area (Å²) in [6.45, 7) is 2.46. The van der Waals surface area contributed by atoms with E-state index in [0.29, 0.717) is 21.5 Å². The number of amides is 1. The number of rotatable bonds is 2. The predicted molar refractivity (Wildman–Crippen MR) is 66.7 cm³/mol. The molecule has 0 aliphatic rings. The van der Waals surface area contributed by atoms with Gasteiger partial charge in [-0.25, -0.2) is 0 Å². The fraction of sp³-hybridized carbons (Fsp3) is 0.273. The van der Waals surface area contributed by atoms with E-state index in [-0.39, 0.29) is 17.2 Å². The molecule has 0 unspecified atom stereocenters. The van der Waals surface area contributed by atoms with Crippen molar-refractivity contribution in [2.45, 2.75) is 6.92 Å². The Kier molecular flexibility index (Phi) is 2.89. The fourth-order valence-electron chi connectivity index (χ4n) is 1.46. The van der Waals surface area contributed by atoms with E-state index in [1.54, 1.807) is 18.0 Å². The second-order valence-corrected chi connectivity index (χ2v) is 4.73. The van der Waals surface area contributed by atoms with Crippen LogP contribution in [0.1, 0.15) is 16.6 Å². The number of hydrogen-bond donors (Lipinski definition) is 2. The van der Waals surface area contributed by atoms with Crippen molar-refractivity contribution >= 4 is 27.3 Å². The first-order valence-electron chi connectivity index (χ1n) is 5.14. The lowest BCUT2D eigenvalue weighted by molar-refractivity contribution is 0.0807. The molecule has 0 bridgehead atoms. The van der Waals surface area contributed by atoms with Crippen LogP contribution in [0.5, 0.6) is 5.75 Å². The van der Waals surface area contributed by atoms with Gasteiger partial charge in [0, 0.05) is 25.2 Å². The monoisotopic (exact) mass is 252 g/mol. The Balaban J connectivity index is 2.59. The van der Waals surface area contributed by atoms with Gasteiger partial charge in [-0.3, -0.25) is 9.59 Å². The third-order valence-electron chi connectivity index (χ3n) is 2.59. The van der Waals surface area contributed by atoms with E-state index in [4.69, 9.17) is 0 Å². The number of nitrogens with one attached hydrogen (secondary N) is 1. The molecule has 90 valence electrons. The Morgan fingerprint density at radius 2 is 2.29 bits per heavy atom. The number of hydrogen-bond acceptors (Lipinski definition) is 4. The number of aromatic nitrogens is 1. The maximum atomic E-state index is 11.9. The van der Waals surface area contributed by atoms with Crippen LogP contribution in [0.25, 0.3) is 10.1 Å². The summed E-state index contributed by atoms with van der Waals surface area (Å²) in [5.74, 6) is -0.165. The van der Waals surface area contributed by atoms with E-state index >= 15 is 0 Å². The largest absolute Gasteiger partial charge is 0.506 e. The van der Waals surface area contributed by atoms with Gasteiger partial charge < -0.3 is 15.0 Å². The number of aromatic hydroxyl groups is 1. The molecule has 0 aromatic carbocycles. The Labute approximate surface area is 101 Å². The third-order valence-corrected chi connectivity index (χ3v) is 3.71. The van der Waals surface area contributed by atoms with Gasteiger partial charge in [0.15, 0.2) is 0 Å². The third kappa shape index (κ3) is 1.91. The average Bonchev–Trinajstić information content (AvgIpc) is 2.78. The summed E-state index contributed by atoms with van der Waals surface area (Å²) in [4.78, 5) is 27.9.